The highest BCUT2D eigenvalue weighted by atomic mass is 32.2. The van der Waals surface area contributed by atoms with E-state index in [2.05, 4.69) is 20.4 Å². The molecular weight excluding hydrogens is 250 g/mol. The second-order valence-electron chi connectivity index (χ2n) is 6.46. The third kappa shape index (κ3) is 1.12. The third-order valence-corrected chi connectivity index (χ3v) is 7.72. The summed E-state index contributed by atoms with van der Waals surface area (Å²) in [6.07, 6.45) is 3.96. The van der Waals surface area contributed by atoms with Gasteiger partial charge in [0.15, 0.2) is 0 Å². The van der Waals surface area contributed by atoms with E-state index in [9.17, 15) is 13.2 Å². The van der Waals surface area contributed by atoms with Crippen molar-refractivity contribution >= 4 is 15.9 Å². The lowest BCUT2D eigenvalue weighted by atomic mass is 9.69. The molecule has 100 valence electrons. The van der Waals surface area contributed by atoms with Crippen molar-refractivity contribution in [1.29, 1.82) is 0 Å². The van der Waals surface area contributed by atoms with Crippen LogP contribution in [0.5, 0.6) is 0 Å². The van der Waals surface area contributed by atoms with Gasteiger partial charge in [0, 0.05) is 5.41 Å². The van der Waals surface area contributed by atoms with Gasteiger partial charge in [-0.3, -0.25) is 4.79 Å². The van der Waals surface area contributed by atoms with Crippen LogP contribution in [0.1, 0.15) is 33.1 Å². The lowest BCUT2D eigenvalue weighted by Gasteiger charge is -2.36. The number of nitrogens with zero attached hydrogens (tertiary/aromatic N) is 1. The van der Waals surface area contributed by atoms with Crippen LogP contribution in [0.2, 0.25) is 0 Å². The molecule has 0 aromatic heterocycles. The average molecular weight is 269 g/mol. The van der Waals surface area contributed by atoms with Crippen molar-refractivity contribution in [1.82, 2.24) is 4.31 Å². The molecule has 2 saturated carbocycles. The van der Waals surface area contributed by atoms with Gasteiger partial charge < -0.3 is 0 Å². The summed E-state index contributed by atoms with van der Waals surface area (Å²) in [5, 5.41) is 0. The minimum absolute atomic E-state index is 0.0148. The van der Waals surface area contributed by atoms with E-state index in [0.717, 1.165) is 29.6 Å². The monoisotopic (exact) mass is 269 g/mol. The summed E-state index contributed by atoms with van der Waals surface area (Å²) in [6, 6.07) is -0.137. The highest BCUT2D eigenvalue weighted by Gasteiger charge is 2.72. The molecule has 1 amide bonds. The zero-order valence-corrected chi connectivity index (χ0v) is 11.7. The number of carbonyl (C=O) groups is 1. The minimum atomic E-state index is -3.46. The molecule has 0 aromatic carbocycles. The van der Waals surface area contributed by atoms with Crippen LogP contribution in [-0.4, -0.2) is 30.4 Å². The Kier molecular flexibility index (Phi) is 2.16. The average Bonchev–Trinajstić information content (AvgIpc) is 2.74. The molecular formula is C13H19NO3S. The molecule has 3 atom stereocenters. The Morgan fingerprint density at radius 2 is 2.11 bits per heavy atom. The van der Waals surface area contributed by atoms with E-state index in [1.165, 1.54) is 0 Å². The topological polar surface area (TPSA) is 54.5 Å². The molecule has 1 saturated heterocycles. The first-order valence-corrected chi connectivity index (χ1v) is 8.06. The molecule has 0 N–H and O–H groups in total. The van der Waals surface area contributed by atoms with Gasteiger partial charge in [-0.25, -0.2) is 12.7 Å². The molecule has 1 heterocycles. The van der Waals surface area contributed by atoms with Crippen LogP contribution in [0, 0.1) is 16.7 Å². The highest BCUT2D eigenvalue weighted by Crippen LogP contribution is 2.69. The van der Waals surface area contributed by atoms with Gasteiger partial charge in [-0.05, 0) is 36.7 Å². The summed E-state index contributed by atoms with van der Waals surface area (Å²) in [7, 11) is -3.46. The maximum Gasteiger partial charge on any atom is 0.259 e. The van der Waals surface area contributed by atoms with Gasteiger partial charge in [0.25, 0.3) is 5.91 Å². The van der Waals surface area contributed by atoms with Gasteiger partial charge in [-0.1, -0.05) is 20.4 Å². The molecule has 1 spiro atoms. The number of sulfonamides is 1. The van der Waals surface area contributed by atoms with Gasteiger partial charge in [0.05, 0.1) is 11.8 Å². The fourth-order valence-electron chi connectivity index (χ4n) is 4.67. The van der Waals surface area contributed by atoms with E-state index in [1.807, 2.05) is 0 Å². The SMILES string of the molecule is C=CC(=O)N1[C@@H]2C[C@H]3CCC2(CS1(=O)=O)C3(C)C. The van der Waals surface area contributed by atoms with Crippen molar-refractivity contribution in [2.45, 2.75) is 39.2 Å². The van der Waals surface area contributed by atoms with E-state index in [4.69, 9.17) is 0 Å². The lowest BCUT2D eigenvalue weighted by molar-refractivity contribution is -0.124. The number of carbonyl (C=O) groups excluding carboxylic acids is 1. The first-order valence-electron chi connectivity index (χ1n) is 6.45. The predicted molar refractivity (Wildman–Crippen MR) is 68.2 cm³/mol. The summed E-state index contributed by atoms with van der Waals surface area (Å²) in [6.45, 7) is 7.76. The first-order chi connectivity index (χ1) is 8.26. The number of hydrogen-bond acceptors (Lipinski definition) is 3. The van der Waals surface area contributed by atoms with Crippen molar-refractivity contribution in [2.24, 2.45) is 16.7 Å². The summed E-state index contributed by atoms with van der Waals surface area (Å²) in [5.74, 6) is 0.214. The summed E-state index contributed by atoms with van der Waals surface area (Å²) >= 11 is 0. The quantitative estimate of drug-likeness (QED) is 0.678. The van der Waals surface area contributed by atoms with Crippen molar-refractivity contribution in [3.63, 3.8) is 0 Å². The molecule has 3 fully saturated rings. The largest absolute Gasteiger partial charge is 0.269 e. The molecule has 4 nitrogen and oxygen atoms in total. The Morgan fingerprint density at radius 3 is 2.67 bits per heavy atom. The van der Waals surface area contributed by atoms with Crippen LogP contribution in [0.25, 0.3) is 0 Å². The maximum absolute atomic E-state index is 12.3. The maximum atomic E-state index is 12.3. The van der Waals surface area contributed by atoms with Crippen molar-refractivity contribution in [3.8, 4) is 0 Å². The number of amides is 1. The Labute approximate surface area is 108 Å². The second-order valence-corrected chi connectivity index (χ2v) is 8.31. The van der Waals surface area contributed by atoms with E-state index < -0.39 is 15.9 Å². The Hall–Kier alpha value is -0.840. The smallest absolute Gasteiger partial charge is 0.259 e. The molecule has 18 heavy (non-hydrogen) atoms. The van der Waals surface area contributed by atoms with E-state index in [1.54, 1.807) is 0 Å². The van der Waals surface area contributed by atoms with Crippen LogP contribution in [0.15, 0.2) is 12.7 Å². The molecule has 3 aliphatic rings. The molecule has 1 aliphatic heterocycles. The molecule has 2 bridgehead atoms. The van der Waals surface area contributed by atoms with Crippen molar-refractivity contribution in [2.75, 3.05) is 5.75 Å². The molecule has 0 aromatic rings. The number of hydrogen-bond donors (Lipinski definition) is 0. The van der Waals surface area contributed by atoms with Gasteiger partial charge in [-0.2, -0.15) is 0 Å². The van der Waals surface area contributed by atoms with E-state index >= 15 is 0 Å². The summed E-state index contributed by atoms with van der Waals surface area (Å²) in [4.78, 5) is 11.9. The predicted octanol–water partition coefficient (Wildman–Crippen LogP) is 1.54. The van der Waals surface area contributed by atoms with Crippen molar-refractivity contribution in [3.05, 3.63) is 12.7 Å². The normalized spacial score (nSPS) is 42.9. The van der Waals surface area contributed by atoms with Gasteiger partial charge in [0.1, 0.15) is 0 Å². The zero-order valence-electron chi connectivity index (χ0n) is 10.8. The highest BCUT2D eigenvalue weighted by molar-refractivity contribution is 7.90. The van der Waals surface area contributed by atoms with Gasteiger partial charge in [-0.15, -0.1) is 0 Å². The van der Waals surface area contributed by atoms with E-state index in [-0.39, 0.29) is 22.6 Å². The van der Waals surface area contributed by atoms with Crippen LogP contribution in [0.4, 0.5) is 0 Å². The molecule has 0 radical (unpaired) electrons. The van der Waals surface area contributed by atoms with Crippen LogP contribution in [0.3, 0.4) is 0 Å². The second kappa shape index (κ2) is 3.18. The summed E-state index contributed by atoms with van der Waals surface area (Å²) in [5.41, 5.74) is -0.212. The zero-order chi connectivity index (χ0) is 13.3. The Morgan fingerprint density at radius 1 is 1.44 bits per heavy atom. The molecule has 1 unspecified atom stereocenters. The fourth-order valence-corrected chi connectivity index (χ4v) is 7.19. The Bertz CT molecular complexity index is 536. The van der Waals surface area contributed by atoms with Crippen LogP contribution in [-0.2, 0) is 14.8 Å². The van der Waals surface area contributed by atoms with Gasteiger partial charge in [0.2, 0.25) is 10.0 Å². The van der Waals surface area contributed by atoms with E-state index in [0.29, 0.717) is 5.92 Å². The third-order valence-electron chi connectivity index (χ3n) is 5.80. The number of rotatable bonds is 1. The molecule has 2 aliphatic carbocycles. The molecule has 3 rings (SSSR count). The van der Waals surface area contributed by atoms with Crippen molar-refractivity contribution < 1.29 is 13.2 Å². The Balaban J connectivity index is 2.14. The van der Waals surface area contributed by atoms with Gasteiger partial charge >= 0.3 is 0 Å². The van der Waals surface area contributed by atoms with Crippen LogP contribution >= 0.6 is 0 Å². The summed E-state index contributed by atoms with van der Waals surface area (Å²) < 4.78 is 25.7. The minimum Gasteiger partial charge on any atom is -0.269 e. The lowest BCUT2D eigenvalue weighted by Crippen LogP contribution is -2.43. The molecule has 5 heteroatoms. The van der Waals surface area contributed by atoms with Crippen LogP contribution < -0.4 is 0 Å². The number of fused-ring (bicyclic) bond motifs is 1. The fraction of sp³-hybridized carbons (Fsp3) is 0.769. The first kappa shape index (κ1) is 12.2. The standard InChI is InChI=1S/C13H19NO3S/c1-4-11(15)14-10-7-9-5-6-13(10,12(9,2)3)8-18(14,16)17/h4,9-10H,1,5-8H2,2-3H3/t9-,10-,13?/m1/s1.